The van der Waals surface area contributed by atoms with Crippen LogP contribution in [0.4, 0.5) is 13.2 Å². The summed E-state index contributed by atoms with van der Waals surface area (Å²) in [5.74, 6) is -4.41. The molecule has 0 aliphatic heterocycles. The fraction of sp³-hybridized carbons (Fsp3) is 0.143. The van der Waals surface area contributed by atoms with Crippen LogP contribution in [0.25, 0.3) is 0 Å². The summed E-state index contributed by atoms with van der Waals surface area (Å²) >= 11 is 0. The van der Waals surface area contributed by atoms with E-state index in [1.165, 1.54) is 0 Å². The quantitative estimate of drug-likeness (QED) is 0.811. The number of pyridine rings is 1. The Labute approximate surface area is 118 Å². The Kier molecular flexibility index (Phi) is 4.42. The van der Waals surface area contributed by atoms with E-state index in [9.17, 15) is 18.0 Å². The van der Waals surface area contributed by atoms with Crippen molar-refractivity contribution in [3.8, 4) is 11.6 Å². The number of hydrogen-bond donors (Lipinski definition) is 0. The topological polar surface area (TPSA) is 48.4 Å². The first-order valence-electron chi connectivity index (χ1n) is 5.97. The fourth-order valence-electron chi connectivity index (χ4n) is 1.48. The van der Waals surface area contributed by atoms with Crippen molar-refractivity contribution in [1.29, 1.82) is 0 Å². The summed E-state index contributed by atoms with van der Waals surface area (Å²) < 4.78 is 49.2. The normalized spacial score (nSPS) is 10.3. The summed E-state index contributed by atoms with van der Waals surface area (Å²) in [6, 6.07) is 3.62. The first-order valence-corrected chi connectivity index (χ1v) is 5.97. The number of halogens is 3. The highest BCUT2D eigenvalue weighted by molar-refractivity contribution is 5.89. The van der Waals surface area contributed by atoms with Gasteiger partial charge in [-0.25, -0.2) is 22.9 Å². The maximum atomic E-state index is 13.8. The highest BCUT2D eigenvalue weighted by atomic mass is 19.2. The van der Waals surface area contributed by atoms with E-state index in [1.807, 2.05) is 0 Å². The molecule has 0 bridgehead atoms. The molecule has 4 nitrogen and oxygen atoms in total. The molecule has 1 aromatic carbocycles. The van der Waals surface area contributed by atoms with Gasteiger partial charge in [-0.2, -0.15) is 0 Å². The Bertz CT molecular complexity index is 677. The predicted molar refractivity (Wildman–Crippen MR) is 66.6 cm³/mol. The maximum absolute atomic E-state index is 13.8. The Morgan fingerprint density at radius 3 is 2.52 bits per heavy atom. The number of ether oxygens (including phenoxy) is 2. The molecule has 1 aromatic heterocycles. The number of hydrogen-bond acceptors (Lipinski definition) is 4. The highest BCUT2D eigenvalue weighted by Gasteiger charge is 2.14. The number of benzene rings is 1. The lowest BCUT2D eigenvalue weighted by Gasteiger charge is -2.07. The van der Waals surface area contributed by atoms with Gasteiger partial charge in [0.1, 0.15) is 5.75 Å². The molecular formula is C14H10F3NO3. The minimum Gasteiger partial charge on any atom is -0.462 e. The number of esters is 1. The fourth-order valence-corrected chi connectivity index (χ4v) is 1.48. The zero-order chi connectivity index (χ0) is 15.4. The van der Waals surface area contributed by atoms with Crippen LogP contribution >= 0.6 is 0 Å². The van der Waals surface area contributed by atoms with E-state index in [0.29, 0.717) is 0 Å². The number of nitrogens with zero attached hydrogens (tertiary/aromatic N) is 1. The van der Waals surface area contributed by atoms with Crippen LogP contribution in [0.2, 0.25) is 0 Å². The van der Waals surface area contributed by atoms with E-state index < -0.39 is 29.3 Å². The SMILES string of the molecule is CCOC(=O)c1cnc(Oc2ccc(F)c(F)c2)c(F)c1. The molecule has 0 aliphatic carbocycles. The summed E-state index contributed by atoms with van der Waals surface area (Å²) in [5.41, 5.74) is -0.0769. The summed E-state index contributed by atoms with van der Waals surface area (Å²) in [7, 11) is 0. The third kappa shape index (κ3) is 3.50. The van der Waals surface area contributed by atoms with Crippen LogP contribution < -0.4 is 4.74 Å². The molecule has 2 aromatic rings. The van der Waals surface area contributed by atoms with Gasteiger partial charge in [0.25, 0.3) is 5.88 Å². The number of carbonyl (C=O) groups is 1. The Balaban J connectivity index is 2.21. The van der Waals surface area contributed by atoms with Crippen molar-refractivity contribution in [3.63, 3.8) is 0 Å². The first-order chi connectivity index (χ1) is 10.0. The van der Waals surface area contributed by atoms with Crippen molar-refractivity contribution >= 4 is 5.97 Å². The molecule has 21 heavy (non-hydrogen) atoms. The van der Waals surface area contributed by atoms with Crippen LogP contribution in [0.3, 0.4) is 0 Å². The van der Waals surface area contributed by atoms with Crippen molar-refractivity contribution in [2.75, 3.05) is 6.61 Å². The lowest BCUT2D eigenvalue weighted by molar-refractivity contribution is 0.0525. The van der Waals surface area contributed by atoms with E-state index in [0.717, 1.165) is 30.5 Å². The molecular weight excluding hydrogens is 287 g/mol. The zero-order valence-electron chi connectivity index (χ0n) is 10.9. The Morgan fingerprint density at radius 2 is 1.90 bits per heavy atom. The molecule has 1 heterocycles. The Morgan fingerprint density at radius 1 is 1.14 bits per heavy atom. The van der Waals surface area contributed by atoms with Crippen LogP contribution in [0.1, 0.15) is 17.3 Å². The van der Waals surface area contributed by atoms with Gasteiger partial charge in [-0.05, 0) is 25.1 Å². The van der Waals surface area contributed by atoms with Crippen LogP contribution in [0.5, 0.6) is 11.6 Å². The molecule has 0 radical (unpaired) electrons. The number of carbonyl (C=O) groups excluding carboxylic acids is 1. The van der Waals surface area contributed by atoms with Gasteiger partial charge < -0.3 is 9.47 Å². The largest absolute Gasteiger partial charge is 0.462 e. The third-order valence-electron chi connectivity index (χ3n) is 2.42. The van der Waals surface area contributed by atoms with Crippen LogP contribution in [0, 0.1) is 17.5 Å². The summed E-state index contributed by atoms with van der Waals surface area (Å²) in [4.78, 5) is 15.0. The van der Waals surface area contributed by atoms with Gasteiger partial charge in [0.05, 0.1) is 12.2 Å². The molecule has 7 heteroatoms. The molecule has 0 fully saturated rings. The standard InChI is InChI=1S/C14H10F3NO3/c1-2-20-14(19)8-5-12(17)13(18-7-8)21-9-3-4-10(15)11(16)6-9/h3-7H,2H2,1H3. The minimum absolute atomic E-state index is 0.0769. The molecule has 0 aliphatic rings. The lowest BCUT2D eigenvalue weighted by Crippen LogP contribution is -2.06. The third-order valence-corrected chi connectivity index (χ3v) is 2.42. The van der Waals surface area contributed by atoms with Crippen molar-refractivity contribution in [3.05, 3.63) is 53.5 Å². The molecule has 0 N–H and O–H groups in total. The van der Waals surface area contributed by atoms with Crippen LogP contribution in [-0.4, -0.2) is 17.6 Å². The van der Waals surface area contributed by atoms with Crippen molar-refractivity contribution in [2.24, 2.45) is 0 Å². The molecule has 0 saturated heterocycles. The van der Waals surface area contributed by atoms with Crippen LogP contribution in [-0.2, 0) is 4.74 Å². The minimum atomic E-state index is -1.13. The predicted octanol–water partition coefficient (Wildman–Crippen LogP) is 3.47. The molecule has 0 atom stereocenters. The molecule has 110 valence electrons. The van der Waals surface area contributed by atoms with Gasteiger partial charge in [-0.3, -0.25) is 0 Å². The van der Waals surface area contributed by atoms with E-state index in [1.54, 1.807) is 6.92 Å². The van der Waals surface area contributed by atoms with Gasteiger partial charge in [-0.15, -0.1) is 0 Å². The summed E-state index contributed by atoms with van der Waals surface area (Å²) in [5, 5.41) is 0. The molecule has 0 saturated carbocycles. The lowest BCUT2D eigenvalue weighted by atomic mass is 10.3. The van der Waals surface area contributed by atoms with Gasteiger partial charge in [0.2, 0.25) is 0 Å². The summed E-state index contributed by atoms with van der Waals surface area (Å²) in [6.45, 7) is 1.76. The zero-order valence-corrected chi connectivity index (χ0v) is 10.9. The first kappa shape index (κ1) is 14.8. The van der Waals surface area contributed by atoms with E-state index in [-0.39, 0.29) is 17.9 Å². The number of aromatic nitrogens is 1. The van der Waals surface area contributed by atoms with Gasteiger partial charge in [0.15, 0.2) is 17.5 Å². The van der Waals surface area contributed by atoms with E-state index >= 15 is 0 Å². The monoisotopic (exact) mass is 297 g/mol. The summed E-state index contributed by atoms with van der Waals surface area (Å²) in [6.07, 6.45) is 1.07. The Hall–Kier alpha value is -2.57. The average Bonchev–Trinajstić information content (AvgIpc) is 2.45. The maximum Gasteiger partial charge on any atom is 0.339 e. The van der Waals surface area contributed by atoms with E-state index in [4.69, 9.17) is 9.47 Å². The van der Waals surface area contributed by atoms with Crippen LogP contribution in [0.15, 0.2) is 30.5 Å². The second-order valence-electron chi connectivity index (χ2n) is 3.91. The average molecular weight is 297 g/mol. The van der Waals surface area contributed by atoms with E-state index in [2.05, 4.69) is 4.98 Å². The smallest absolute Gasteiger partial charge is 0.339 e. The molecule has 0 unspecified atom stereocenters. The molecule has 2 rings (SSSR count). The second-order valence-corrected chi connectivity index (χ2v) is 3.91. The van der Waals surface area contributed by atoms with Crippen molar-refractivity contribution < 1.29 is 27.4 Å². The highest BCUT2D eigenvalue weighted by Crippen LogP contribution is 2.24. The van der Waals surface area contributed by atoms with Gasteiger partial charge >= 0.3 is 5.97 Å². The van der Waals surface area contributed by atoms with Crippen molar-refractivity contribution in [1.82, 2.24) is 4.98 Å². The number of rotatable bonds is 4. The van der Waals surface area contributed by atoms with Gasteiger partial charge in [0, 0.05) is 12.3 Å². The molecule has 0 spiro atoms. The second kappa shape index (κ2) is 6.25. The van der Waals surface area contributed by atoms with Crippen molar-refractivity contribution in [2.45, 2.75) is 6.92 Å². The van der Waals surface area contributed by atoms with Gasteiger partial charge in [-0.1, -0.05) is 0 Å². The molecule has 0 amide bonds.